The molecule has 150 valence electrons. The number of furan rings is 1. The normalized spacial score (nSPS) is 14.6. The number of piperidine rings is 1. The number of nitrogens with one attached hydrogen (secondary N) is 2. The van der Waals surface area contributed by atoms with Crippen molar-refractivity contribution in [3.05, 3.63) is 66.5 Å². The zero-order chi connectivity index (χ0) is 20.1. The molecule has 0 aliphatic carbocycles. The molecule has 29 heavy (non-hydrogen) atoms. The molecule has 1 amide bonds. The summed E-state index contributed by atoms with van der Waals surface area (Å²) in [6, 6.07) is 13.3. The smallest absolute Gasteiger partial charge is 0.274 e. The van der Waals surface area contributed by atoms with Gasteiger partial charge in [0.15, 0.2) is 0 Å². The Kier molecular flexibility index (Phi) is 5.74. The number of carbonyl (C=O) groups is 1. The summed E-state index contributed by atoms with van der Waals surface area (Å²) in [4.78, 5) is 23.2. The van der Waals surface area contributed by atoms with Crippen molar-refractivity contribution in [1.82, 2.24) is 9.97 Å². The lowest BCUT2D eigenvalue weighted by atomic mass is 9.99. The Morgan fingerprint density at radius 3 is 2.69 bits per heavy atom. The summed E-state index contributed by atoms with van der Waals surface area (Å²) in [6.07, 6.45) is 5.44. The summed E-state index contributed by atoms with van der Waals surface area (Å²) in [5, 5.41) is 6.02. The fourth-order valence-electron chi connectivity index (χ4n) is 3.39. The number of carbonyl (C=O) groups excluding carboxylic acids is 1. The average Bonchev–Trinajstić information content (AvgIpc) is 3.27. The molecule has 3 aromatic rings. The second-order valence-corrected chi connectivity index (χ2v) is 7.39. The second kappa shape index (κ2) is 8.77. The van der Waals surface area contributed by atoms with E-state index in [1.807, 2.05) is 24.3 Å². The molecule has 3 heterocycles. The molecule has 0 atom stereocenters. The van der Waals surface area contributed by atoms with E-state index >= 15 is 0 Å². The number of benzene rings is 1. The molecule has 1 aromatic carbocycles. The summed E-state index contributed by atoms with van der Waals surface area (Å²) in [6.45, 7) is 4.96. The van der Waals surface area contributed by atoms with Crippen LogP contribution in [0, 0.1) is 5.92 Å². The van der Waals surface area contributed by atoms with Crippen LogP contribution in [0.5, 0.6) is 0 Å². The van der Waals surface area contributed by atoms with Gasteiger partial charge in [0.05, 0.1) is 12.8 Å². The van der Waals surface area contributed by atoms with E-state index in [-0.39, 0.29) is 5.91 Å². The van der Waals surface area contributed by atoms with Crippen molar-refractivity contribution >= 4 is 23.1 Å². The summed E-state index contributed by atoms with van der Waals surface area (Å²) >= 11 is 0. The quantitative estimate of drug-likeness (QED) is 0.656. The van der Waals surface area contributed by atoms with Gasteiger partial charge in [0.25, 0.3) is 5.91 Å². The first-order valence-corrected chi connectivity index (χ1v) is 9.92. The maximum Gasteiger partial charge on any atom is 0.274 e. The van der Waals surface area contributed by atoms with Gasteiger partial charge < -0.3 is 20.0 Å². The summed E-state index contributed by atoms with van der Waals surface area (Å²) in [7, 11) is 0. The molecule has 1 aliphatic rings. The van der Waals surface area contributed by atoms with E-state index in [0.717, 1.165) is 30.5 Å². The number of rotatable bonds is 6. The predicted molar refractivity (Wildman–Crippen MR) is 113 cm³/mol. The number of hydrogen-bond donors (Lipinski definition) is 2. The molecule has 0 unspecified atom stereocenters. The largest absolute Gasteiger partial charge is 0.467 e. The average molecular weight is 391 g/mol. The van der Waals surface area contributed by atoms with Gasteiger partial charge in [-0.15, -0.1) is 0 Å². The summed E-state index contributed by atoms with van der Waals surface area (Å²) in [5.74, 6) is 1.89. The van der Waals surface area contributed by atoms with Crippen LogP contribution in [0.4, 0.5) is 17.2 Å². The Bertz CT molecular complexity index is 932. The lowest BCUT2D eigenvalue weighted by molar-refractivity contribution is 0.102. The van der Waals surface area contributed by atoms with E-state index < -0.39 is 0 Å². The van der Waals surface area contributed by atoms with Crippen molar-refractivity contribution in [1.29, 1.82) is 0 Å². The van der Waals surface area contributed by atoms with Crippen molar-refractivity contribution in [2.75, 3.05) is 28.6 Å². The van der Waals surface area contributed by atoms with Crippen LogP contribution in [0.2, 0.25) is 0 Å². The summed E-state index contributed by atoms with van der Waals surface area (Å²) in [5.41, 5.74) is 2.24. The standard InChI is InChI=1S/C22H25N5O2/c1-16-8-10-27(11-9-16)18-6-4-17(5-7-18)26-22(28)20-13-21(25-15-24-20)23-14-19-3-2-12-29-19/h2-7,12-13,15-16H,8-11,14H2,1H3,(H,26,28)(H,23,24,25). The van der Waals surface area contributed by atoms with Gasteiger partial charge in [-0.25, -0.2) is 9.97 Å². The third kappa shape index (κ3) is 4.93. The SMILES string of the molecule is CC1CCN(c2ccc(NC(=O)c3cc(NCc4ccco4)ncn3)cc2)CC1. The van der Waals surface area contributed by atoms with E-state index in [0.29, 0.717) is 18.1 Å². The highest BCUT2D eigenvalue weighted by Gasteiger charge is 2.16. The van der Waals surface area contributed by atoms with Gasteiger partial charge in [0, 0.05) is 30.5 Å². The molecule has 7 nitrogen and oxygen atoms in total. The van der Waals surface area contributed by atoms with Crippen molar-refractivity contribution in [3.8, 4) is 0 Å². The van der Waals surface area contributed by atoms with Crippen LogP contribution in [-0.2, 0) is 6.54 Å². The molecule has 4 rings (SSSR count). The number of aromatic nitrogens is 2. The summed E-state index contributed by atoms with van der Waals surface area (Å²) < 4.78 is 5.28. The Morgan fingerprint density at radius 2 is 1.97 bits per heavy atom. The number of hydrogen-bond acceptors (Lipinski definition) is 6. The molecule has 1 aliphatic heterocycles. The van der Waals surface area contributed by atoms with Gasteiger partial charge in [-0.1, -0.05) is 6.92 Å². The zero-order valence-electron chi connectivity index (χ0n) is 16.5. The monoisotopic (exact) mass is 391 g/mol. The van der Waals surface area contributed by atoms with Crippen LogP contribution < -0.4 is 15.5 Å². The maximum absolute atomic E-state index is 12.6. The molecule has 0 radical (unpaired) electrons. The van der Waals surface area contributed by atoms with E-state index in [1.54, 1.807) is 12.3 Å². The molecule has 0 spiro atoms. The van der Waals surface area contributed by atoms with Gasteiger partial charge in [-0.3, -0.25) is 4.79 Å². The van der Waals surface area contributed by atoms with Crippen LogP contribution in [0.25, 0.3) is 0 Å². The fourth-order valence-corrected chi connectivity index (χ4v) is 3.39. The van der Waals surface area contributed by atoms with Crippen LogP contribution >= 0.6 is 0 Å². The minimum atomic E-state index is -0.270. The topological polar surface area (TPSA) is 83.3 Å². The maximum atomic E-state index is 12.6. The lowest BCUT2D eigenvalue weighted by Crippen LogP contribution is -2.32. The van der Waals surface area contributed by atoms with E-state index in [2.05, 4.69) is 44.6 Å². The Hall–Kier alpha value is -3.35. The van der Waals surface area contributed by atoms with Gasteiger partial charge in [0.2, 0.25) is 0 Å². The fraction of sp³-hybridized carbons (Fsp3) is 0.318. The van der Waals surface area contributed by atoms with Crippen molar-refractivity contribution in [3.63, 3.8) is 0 Å². The molecule has 0 saturated carbocycles. The van der Waals surface area contributed by atoms with Crippen LogP contribution in [-0.4, -0.2) is 29.0 Å². The third-order valence-corrected chi connectivity index (χ3v) is 5.20. The first kappa shape index (κ1) is 19.0. The molecule has 1 saturated heterocycles. The van der Waals surface area contributed by atoms with Gasteiger partial charge in [-0.2, -0.15) is 0 Å². The van der Waals surface area contributed by atoms with E-state index in [1.165, 1.54) is 24.9 Å². The highest BCUT2D eigenvalue weighted by molar-refractivity contribution is 6.03. The molecule has 1 fully saturated rings. The minimum Gasteiger partial charge on any atom is -0.467 e. The molecular formula is C22H25N5O2. The minimum absolute atomic E-state index is 0.270. The van der Waals surface area contributed by atoms with Crippen molar-refractivity contribution in [2.45, 2.75) is 26.3 Å². The third-order valence-electron chi connectivity index (χ3n) is 5.20. The van der Waals surface area contributed by atoms with E-state index in [4.69, 9.17) is 4.42 Å². The molecule has 2 aromatic heterocycles. The predicted octanol–water partition coefficient (Wildman–Crippen LogP) is 4.17. The molecule has 7 heteroatoms. The number of nitrogens with zero attached hydrogens (tertiary/aromatic N) is 3. The molecular weight excluding hydrogens is 366 g/mol. The van der Waals surface area contributed by atoms with E-state index in [9.17, 15) is 4.79 Å². The number of anilines is 3. The Morgan fingerprint density at radius 1 is 1.17 bits per heavy atom. The molecule has 2 N–H and O–H groups in total. The van der Waals surface area contributed by atoms with Crippen LogP contribution in [0.15, 0.2) is 59.5 Å². The Labute approximate surface area is 170 Å². The molecule has 0 bridgehead atoms. The first-order valence-electron chi connectivity index (χ1n) is 9.92. The van der Waals surface area contributed by atoms with Gasteiger partial charge in [0.1, 0.15) is 23.6 Å². The van der Waals surface area contributed by atoms with Crippen molar-refractivity contribution < 1.29 is 9.21 Å². The Balaban J connectivity index is 1.35. The zero-order valence-corrected chi connectivity index (χ0v) is 16.5. The van der Waals surface area contributed by atoms with Crippen molar-refractivity contribution in [2.24, 2.45) is 5.92 Å². The van der Waals surface area contributed by atoms with Crippen LogP contribution in [0.3, 0.4) is 0 Å². The second-order valence-electron chi connectivity index (χ2n) is 7.39. The van der Waals surface area contributed by atoms with Gasteiger partial charge >= 0.3 is 0 Å². The number of amides is 1. The van der Waals surface area contributed by atoms with Crippen LogP contribution in [0.1, 0.15) is 36.0 Å². The lowest BCUT2D eigenvalue weighted by Gasteiger charge is -2.32. The highest BCUT2D eigenvalue weighted by atomic mass is 16.3. The highest BCUT2D eigenvalue weighted by Crippen LogP contribution is 2.24. The first-order chi connectivity index (χ1) is 14.2. The van der Waals surface area contributed by atoms with Gasteiger partial charge in [-0.05, 0) is 55.2 Å².